The Balaban J connectivity index is 2.08. The van der Waals surface area contributed by atoms with E-state index in [1.807, 2.05) is 17.9 Å². The highest BCUT2D eigenvalue weighted by atomic mass is 19.4. The molecule has 20 heavy (non-hydrogen) atoms. The van der Waals surface area contributed by atoms with Crippen LogP contribution in [0.25, 0.3) is 0 Å². The molecule has 110 valence electrons. The molecule has 0 saturated heterocycles. The first-order valence-electron chi connectivity index (χ1n) is 6.39. The molecule has 0 unspecified atom stereocenters. The summed E-state index contributed by atoms with van der Waals surface area (Å²) in [5.41, 5.74) is 5.45. The predicted molar refractivity (Wildman–Crippen MR) is 70.9 cm³/mol. The number of alkyl halides is 3. The molecule has 7 heteroatoms. The van der Waals surface area contributed by atoms with Crippen molar-refractivity contribution in [2.45, 2.75) is 13.1 Å². The molecule has 0 spiro atoms. The lowest BCUT2D eigenvalue weighted by Crippen LogP contribution is -2.31. The van der Waals surface area contributed by atoms with Gasteiger partial charge in [0, 0.05) is 25.6 Å². The van der Waals surface area contributed by atoms with E-state index in [0.717, 1.165) is 12.6 Å². The molecule has 0 fully saturated rings. The van der Waals surface area contributed by atoms with Crippen molar-refractivity contribution in [3.05, 3.63) is 35.9 Å². The number of hydrogen-bond donors (Lipinski definition) is 2. The van der Waals surface area contributed by atoms with Crippen molar-refractivity contribution in [3.63, 3.8) is 0 Å². The lowest BCUT2D eigenvalue weighted by Gasteiger charge is -2.25. The molecule has 2 rings (SSSR count). The molecule has 1 atom stereocenters. The van der Waals surface area contributed by atoms with Crippen LogP contribution in [0.1, 0.15) is 12.6 Å². The summed E-state index contributed by atoms with van der Waals surface area (Å²) in [5.74, 6) is 0.897. The van der Waals surface area contributed by atoms with Gasteiger partial charge in [-0.15, -0.1) is 0 Å². The van der Waals surface area contributed by atoms with Gasteiger partial charge >= 0.3 is 6.18 Å². The number of aromatic nitrogens is 1. The van der Waals surface area contributed by atoms with Gasteiger partial charge in [-0.3, -0.25) is 0 Å². The fourth-order valence-corrected chi connectivity index (χ4v) is 2.18. The summed E-state index contributed by atoms with van der Waals surface area (Å²) in [5, 5.41) is 3.03. The molecule has 0 aliphatic carbocycles. The van der Waals surface area contributed by atoms with Gasteiger partial charge in [0.25, 0.3) is 0 Å². The molecule has 0 radical (unpaired) electrons. The van der Waals surface area contributed by atoms with Gasteiger partial charge in [-0.1, -0.05) is 0 Å². The first-order valence-corrected chi connectivity index (χ1v) is 6.39. The number of rotatable bonds is 4. The number of hydrogen-bond acceptors (Lipinski definition) is 4. The van der Waals surface area contributed by atoms with Crippen LogP contribution in [0.3, 0.4) is 0 Å². The van der Waals surface area contributed by atoms with E-state index in [-0.39, 0.29) is 5.92 Å². The Bertz CT molecular complexity index is 481. The van der Waals surface area contributed by atoms with Crippen LogP contribution in [0.5, 0.6) is 0 Å². The smallest absolute Gasteiger partial charge is 0.386 e. The molecular weight excluding hydrogens is 269 g/mol. The Hall–Kier alpha value is -1.92. The Morgan fingerprint density at radius 1 is 1.45 bits per heavy atom. The monoisotopic (exact) mass is 286 g/mol. The molecular formula is C13H17F3N4. The molecule has 0 aromatic carbocycles. The van der Waals surface area contributed by atoms with E-state index in [9.17, 15) is 13.2 Å². The van der Waals surface area contributed by atoms with Crippen LogP contribution in [0, 0.1) is 5.92 Å². The van der Waals surface area contributed by atoms with E-state index >= 15 is 0 Å². The molecule has 1 aromatic rings. The highest BCUT2D eigenvalue weighted by Gasteiger charge is 2.32. The van der Waals surface area contributed by atoms with Crippen molar-refractivity contribution in [1.29, 1.82) is 0 Å². The standard InChI is InChI=1S/C13H17F3N4/c1-2-20(8-9-5-12(17)19-6-9)10-3-4-11(18-7-10)13(14,15)16/h3-5,7,9,19H,2,6,8,17H2,1H3/t9-/m0/s1. The third-order valence-electron chi connectivity index (χ3n) is 3.22. The molecule has 1 aromatic heterocycles. The van der Waals surface area contributed by atoms with Crippen LogP contribution >= 0.6 is 0 Å². The molecule has 0 bridgehead atoms. The molecule has 0 saturated carbocycles. The number of nitrogens with one attached hydrogen (secondary N) is 1. The predicted octanol–water partition coefficient (Wildman–Crippen LogP) is 1.95. The lowest BCUT2D eigenvalue weighted by atomic mass is 10.1. The lowest BCUT2D eigenvalue weighted by molar-refractivity contribution is -0.141. The minimum atomic E-state index is -4.40. The molecule has 4 nitrogen and oxygen atoms in total. The summed E-state index contributed by atoms with van der Waals surface area (Å²) < 4.78 is 37.4. The van der Waals surface area contributed by atoms with Gasteiger partial charge in [0.15, 0.2) is 0 Å². The highest BCUT2D eigenvalue weighted by molar-refractivity contribution is 5.45. The topological polar surface area (TPSA) is 54.2 Å². The summed E-state index contributed by atoms with van der Waals surface area (Å²) in [4.78, 5) is 5.47. The number of halogens is 3. The minimum absolute atomic E-state index is 0.247. The van der Waals surface area contributed by atoms with Gasteiger partial charge in [-0.25, -0.2) is 4.98 Å². The van der Waals surface area contributed by atoms with E-state index in [0.29, 0.717) is 24.6 Å². The van der Waals surface area contributed by atoms with E-state index in [2.05, 4.69) is 10.3 Å². The van der Waals surface area contributed by atoms with Crippen LogP contribution in [0.2, 0.25) is 0 Å². The van der Waals surface area contributed by atoms with Crippen molar-refractivity contribution in [1.82, 2.24) is 10.3 Å². The second-order valence-electron chi connectivity index (χ2n) is 4.70. The Kier molecular flexibility index (Phi) is 4.06. The van der Waals surface area contributed by atoms with Crippen LogP contribution in [-0.2, 0) is 6.18 Å². The third kappa shape index (κ3) is 3.34. The average Bonchev–Trinajstić information content (AvgIpc) is 2.81. The van der Waals surface area contributed by atoms with E-state index in [4.69, 9.17) is 5.73 Å². The number of pyridine rings is 1. The SMILES string of the molecule is CCN(C[C@H]1C=C(N)NC1)c1ccc(C(F)(F)F)nc1. The molecule has 3 N–H and O–H groups in total. The first kappa shape index (κ1) is 14.5. The Morgan fingerprint density at radius 2 is 2.20 bits per heavy atom. The van der Waals surface area contributed by atoms with Gasteiger partial charge < -0.3 is 16.0 Å². The zero-order valence-electron chi connectivity index (χ0n) is 11.1. The fourth-order valence-electron chi connectivity index (χ4n) is 2.18. The van der Waals surface area contributed by atoms with Gasteiger partial charge in [0.1, 0.15) is 5.69 Å². The van der Waals surface area contributed by atoms with Gasteiger partial charge in [0.05, 0.1) is 17.7 Å². The quantitative estimate of drug-likeness (QED) is 0.888. The van der Waals surface area contributed by atoms with Crippen molar-refractivity contribution >= 4 is 5.69 Å². The third-order valence-corrected chi connectivity index (χ3v) is 3.22. The maximum Gasteiger partial charge on any atom is 0.433 e. The summed E-state index contributed by atoms with van der Waals surface area (Å²) in [6, 6.07) is 2.46. The Labute approximate surface area is 115 Å². The van der Waals surface area contributed by atoms with Crippen molar-refractivity contribution < 1.29 is 13.2 Å². The molecule has 1 aliphatic rings. The zero-order valence-corrected chi connectivity index (χ0v) is 11.1. The van der Waals surface area contributed by atoms with Gasteiger partial charge in [-0.2, -0.15) is 13.2 Å². The fraction of sp³-hybridized carbons (Fsp3) is 0.462. The zero-order chi connectivity index (χ0) is 14.8. The van der Waals surface area contributed by atoms with Crippen LogP contribution in [0.15, 0.2) is 30.2 Å². The second kappa shape index (κ2) is 5.60. The number of nitrogens with two attached hydrogens (primary N) is 1. The van der Waals surface area contributed by atoms with Crippen molar-refractivity contribution in [2.75, 3.05) is 24.5 Å². The van der Waals surface area contributed by atoms with Gasteiger partial charge in [0.2, 0.25) is 0 Å². The Morgan fingerprint density at radius 3 is 2.65 bits per heavy atom. The van der Waals surface area contributed by atoms with E-state index in [1.165, 1.54) is 12.3 Å². The van der Waals surface area contributed by atoms with Crippen molar-refractivity contribution in [2.24, 2.45) is 11.7 Å². The number of anilines is 1. The van der Waals surface area contributed by atoms with E-state index in [1.54, 1.807) is 0 Å². The second-order valence-corrected chi connectivity index (χ2v) is 4.70. The van der Waals surface area contributed by atoms with Crippen LogP contribution in [0.4, 0.5) is 18.9 Å². The first-order chi connectivity index (χ1) is 9.40. The van der Waals surface area contributed by atoms with E-state index < -0.39 is 11.9 Å². The van der Waals surface area contributed by atoms with Crippen molar-refractivity contribution in [3.8, 4) is 0 Å². The average molecular weight is 286 g/mol. The van der Waals surface area contributed by atoms with Crippen LogP contribution in [-0.4, -0.2) is 24.6 Å². The number of nitrogens with zero attached hydrogens (tertiary/aromatic N) is 2. The summed E-state index contributed by atoms with van der Waals surface area (Å²) in [6.45, 7) is 4.08. The summed E-state index contributed by atoms with van der Waals surface area (Å²) in [7, 11) is 0. The molecule has 2 heterocycles. The molecule has 0 amide bonds. The molecule has 1 aliphatic heterocycles. The summed E-state index contributed by atoms with van der Waals surface area (Å²) in [6.07, 6.45) is -1.20. The van der Waals surface area contributed by atoms with Crippen LogP contribution < -0.4 is 16.0 Å². The maximum atomic E-state index is 12.5. The summed E-state index contributed by atoms with van der Waals surface area (Å²) >= 11 is 0. The largest absolute Gasteiger partial charge is 0.433 e. The highest BCUT2D eigenvalue weighted by Crippen LogP contribution is 2.28. The van der Waals surface area contributed by atoms with Gasteiger partial charge in [-0.05, 0) is 25.1 Å². The maximum absolute atomic E-state index is 12.5. The normalized spacial score (nSPS) is 18.6. The minimum Gasteiger partial charge on any atom is -0.386 e.